The van der Waals surface area contributed by atoms with E-state index in [9.17, 15) is 9.90 Å². The first-order valence-corrected chi connectivity index (χ1v) is 16.2. The minimum atomic E-state index is -0.0777. The molecule has 1 rings (SSSR count). The maximum absolute atomic E-state index is 11.9. The summed E-state index contributed by atoms with van der Waals surface area (Å²) in [4.78, 5) is 11.9. The normalized spacial score (nSPS) is 11.1. The number of benzene rings is 1. The first-order valence-electron chi connectivity index (χ1n) is 16.2. The largest absolute Gasteiger partial charge is 0.504 e. The summed E-state index contributed by atoms with van der Waals surface area (Å²) in [5.41, 5.74) is 1.07. The molecule has 0 unspecified atom stereocenters. The number of methoxy groups -OCH3 is 1. The minimum absolute atomic E-state index is 0.0777. The van der Waals surface area contributed by atoms with Crippen LogP contribution >= 0.6 is 0 Å². The molecule has 1 aromatic rings. The molecule has 0 saturated carbocycles. The van der Waals surface area contributed by atoms with E-state index in [0.29, 0.717) is 18.8 Å². The number of aromatic hydroxyl groups is 1. The highest BCUT2D eigenvalue weighted by atomic mass is 16.5. The van der Waals surface area contributed by atoms with Crippen molar-refractivity contribution in [2.24, 2.45) is 0 Å². The zero-order chi connectivity index (χ0) is 27.5. The van der Waals surface area contributed by atoms with Crippen molar-refractivity contribution in [1.29, 1.82) is 0 Å². The number of aryl methyl sites for hydroxylation is 1. The Hall–Kier alpha value is -1.71. The Balaban J connectivity index is 1.77. The summed E-state index contributed by atoms with van der Waals surface area (Å²) >= 11 is 0. The Kier molecular flexibility index (Phi) is 23.1. The monoisotopic (exact) mass is 532 g/mol. The van der Waals surface area contributed by atoms with Crippen molar-refractivity contribution in [1.82, 2.24) is 0 Å². The third-order valence-electron chi connectivity index (χ3n) is 7.60. The minimum Gasteiger partial charge on any atom is -0.504 e. The van der Waals surface area contributed by atoms with Gasteiger partial charge in [-0.15, -0.1) is 0 Å². The maximum Gasteiger partial charge on any atom is 0.305 e. The summed E-state index contributed by atoms with van der Waals surface area (Å²) in [6.07, 6.45) is 30.9. The zero-order valence-electron chi connectivity index (χ0n) is 25.1. The highest BCUT2D eigenvalue weighted by Gasteiger charge is 2.05. The van der Waals surface area contributed by atoms with Gasteiger partial charge >= 0.3 is 5.97 Å². The van der Waals surface area contributed by atoms with Gasteiger partial charge in [0, 0.05) is 6.42 Å². The maximum atomic E-state index is 11.9. The summed E-state index contributed by atoms with van der Waals surface area (Å²) in [7, 11) is 1.54. The summed E-state index contributed by atoms with van der Waals surface area (Å²) < 4.78 is 10.5. The Morgan fingerprint density at radius 3 is 1.55 bits per heavy atom. The van der Waals surface area contributed by atoms with Crippen LogP contribution in [0.25, 0.3) is 0 Å². The van der Waals surface area contributed by atoms with Crippen LogP contribution in [-0.2, 0) is 16.0 Å². The van der Waals surface area contributed by atoms with Gasteiger partial charge in [-0.2, -0.15) is 0 Å². The number of phenolic OH excluding ortho intramolecular Hbond substituents is 1. The van der Waals surface area contributed by atoms with Crippen LogP contribution in [0.4, 0.5) is 0 Å². The summed E-state index contributed by atoms with van der Waals surface area (Å²) in [6.45, 7) is 2.74. The molecule has 38 heavy (non-hydrogen) atoms. The van der Waals surface area contributed by atoms with E-state index in [1.54, 1.807) is 13.2 Å². The second kappa shape index (κ2) is 25.6. The van der Waals surface area contributed by atoms with Gasteiger partial charge in [0.05, 0.1) is 13.7 Å². The fourth-order valence-corrected chi connectivity index (χ4v) is 5.11. The highest BCUT2D eigenvalue weighted by molar-refractivity contribution is 5.69. The molecule has 0 amide bonds. The fourth-order valence-electron chi connectivity index (χ4n) is 5.11. The molecule has 0 aromatic heterocycles. The Labute approximate surface area is 235 Å². The molecular weight excluding hydrogens is 472 g/mol. The third kappa shape index (κ3) is 20.3. The smallest absolute Gasteiger partial charge is 0.305 e. The Morgan fingerprint density at radius 1 is 0.658 bits per heavy atom. The average Bonchev–Trinajstić information content (AvgIpc) is 2.92. The third-order valence-corrected chi connectivity index (χ3v) is 7.60. The van der Waals surface area contributed by atoms with E-state index >= 15 is 0 Å². The van der Waals surface area contributed by atoms with Gasteiger partial charge < -0.3 is 14.6 Å². The molecule has 220 valence electrons. The van der Waals surface area contributed by atoms with Gasteiger partial charge in [-0.05, 0) is 37.0 Å². The van der Waals surface area contributed by atoms with Crippen LogP contribution in [0.1, 0.15) is 160 Å². The van der Waals surface area contributed by atoms with Crippen molar-refractivity contribution < 1.29 is 19.4 Å². The number of unbranched alkanes of at least 4 members (excludes halogenated alkanes) is 20. The molecule has 1 aromatic carbocycles. The van der Waals surface area contributed by atoms with Gasteiger partial charge in [0.2, 0.25) is 0 Å². The molecule has 0 aliphatic carbocycles. The van der Waals surface area contributed by atoms with Gasteiger partial charge in [0.1, 0.15) is 0 Å². The van der Waals surface area contributed by atoms with Crippen molar-refractivity contribution in [3.05, 3.63) is 23.8 Å². The predicted octanol–water partition coefficient (Wildman–Crippen LogP) is 10.5. The Morgan fingerprint density at radius 2 is 1.11 bits per heavy atom. The molecule has 4 nitrogen and oxygen atoms in total. The van der Waals surface area contributed by atoms with E-state index in [4.69, 9.17) is 9.47 Å². The molecule has 0 fully saturated rings. The van der Waals surface area contributed by atoms with Crippen LogP contribution in [0.3, 0.4) is 0 Å². The second-order valence-electron chi connectivity index (χ2n) is 11.2. The molecule has 0 aliphatic rings. The van der Waals surface area contributed by atoms with Crippen molar-refractivity contribution in [3.8, 4) is 11.5 Å². The van der Waals surface area contributed by atoms with Crippen LogP contribution in [0.5, 0.6) is 11.5 Å². The van der Waals surface area contributed by atoms with Crippen LogP contribution in [0.15, 0.2) is 18.2 Å². The van der Waals surface area contributed by atoms with E-state index in [2.05, 4.69) is 6.92 Å². The SMILES string of the molecule is CCCCCCCCCCCCCCCCCCCCCCCC(=O)OCCCc1ccc(O)c(OC)c1. The standard InChI is InChI=1S/C34H60O4/c1-3-4-5-6-7-8-9-10-11-12-13-14-15-16-17-18-19-20-21-22-23-26-34(36)38-29-24-25-31-27-28-32(35)33(30-31)37-2/h27-28,30,35H,3-26,29H2,1-2H3. The number of carbonyl (C=O) groups is 1. The molecular formula is C34H60O4. The predicted molar refractivity (Wildman–Crippen MR) is 161 cm³/mol. The number of hydrogen-bond acceptors (Lipinski definition) is 4. The van der Waals surface area contributed by atoms with E-state index in [1.807, 2.05) is 12.1 Å². The van der Waals surface area contributed by atoms with Crippen LogP contribution in [0.2, 0.25) is 0 Å². The van der Waals surface area contributed by atoms with E-state index < -0.39 is 0 Å². The molecule has 0 atom stereocenters. The highest BCUT2D eigenvalue weighted by Crippen LogP contribution is 2.26. The number of ether oxygens (including phenoxy) is 2. The lowest BCUT2D eigenvalue weighted by Crippen LogP contribution is -2.06. The van der Waals surface area contributed by atoms with Crippen LogP contribution in [-0.4, -0.2) is 24.8 Å². The molecule has 0 radical (unpaired) electrons. The lowest BCUT2D eigenvalue weighted by Gasteiger charge is -2.07. The quantitative estimate of drug-likeness (QED) is 0.0904. The Bertz CT molecular complexity index is 672. The fraction of sp³-hybridized carbons (Fsp3) is 0.794. The number of carbonyl (C=O) groups excluding carboxylic acids is 1. The molecule has 0 heterocycles. The van der Waals surface area contributed by atoms with Gasteiger partial charge in [-0.25, -0.2) is 0 Å². The molecule has 0 bridgehead atoms. The van der Waals surface area contributed by atoms with Gasteiger partial charge in [-0.1, -0.05) is 141 Å². The lowest BCUT2D eigenvalue weighted by molar-refractivity contribution is -0.143. The first kappa shape index (κ1) is 34.3. The number of hydrogen-bond donors (Lipinski definition) is 1. The molecule has 1 N–H and O–H groups in total. The van der Waals surface area contributed by atoms with Gasteiger partial charge in [-0.3, -0.25) is 4.79 Å². The number of phenols is 1. The topological polar surface area (TPSA) is 55.8 Å². The number of esters is 1. The summed E-state index contributed by atoms with van der Waals surface area (Å²) in [5, 5.41) is 9.65. The molecule has 0 saturated heterocycles. The van der Waals surface area contributed by atoms with Crippen molar-refractivity contribution in [2.75, 3.05) is 13.7 Å². The summed E-state index contributed by atoms with van der Waals surface area (Å²) in [5.74, 6) is 0.549. The zero-order valence-corrected chi connectivity index (χ0v) is 25.1. The molecule has 4 heteroatoms. The van der Waals surface area contributed by atoms with E-state index in [-0.39, 0.29) is 11.7 Å². The van der Waals surface area contributed by atoms with Gasteiger partial charge in [0.15, 0.2) is 11.5 Å². The molecule has 0 aliphatic heterocycles. The molecule has 0 spiro atoms. The van der Waals surface area contributed by atoms with Crippen LogP contribution < -0.4 is 4.74 Å². The second-order valence-corrected chi connectivity index (χ2v) is 11.2. The van der Waals surface area contributed by atoms with Gasteiger partial charge in [0.25, 0.3) is 0 Å². The lowest BCUT2D eigenvalue weighted by atomic mass is 10.0. The van der Waals surface area contributed by atoms with Crippen molar-refractivity contribution >= 4 is 5.97 Å². The summed E-state index contributed by atoms with van der Waals surface area (Å²) in [6, 6.07) is 5.34. The number of rotatable bonds is 27. The van der Waals surface area contributed by atoms with Crippen molar-refractivity contribution in [2.45, 2.75) is 161 Å². The van der Waals surface area contributed by atoms with E-state index in [1.165, 1.54) is 122 Å². The first-order chi connectivity index (χ1) is 18.7. The average molecular weight is 533 g/mol. The van der Waals surface area contributed by atoms with E-state index in [0.717, 1.165) is 31.2 Å². The van der Waals surface area contributed by atoms with Crippen LogP contribution in [0, 0.1) is 0 Å². The van der Waals surface area contributed by atoms with Crippen molar-refractivity contribution in [3.63, 3.8) is 0 Å².